The van der Waals surface area contributed by atoms with Crippen LogP contribution in [0.1, 0.15) is 38.7 Å². The summed E-state index contributed by atoms with van der Waals surface area (Å²) in [5.41, 5.74) is 2.42. The SMILES string of the molecule is C=C1[C@@H]2CC[C@@](C(=O)CCc3cccc(-c4cccc(O)c4)c3)(C1(C)C)[C@]2(O)OC. The fourth-order valence-corrected chi connectivity index (χ4v) is 5.98. The van der Waals surface area contributed by atoms with Gasteiger partial charge in [0.1, 0.15) is 11.5 Å². The minimum atomic E-state index is -1.48. The zero-order valence-electron chi connectivity index (χ0n) is 17.9. The summed E-state index contributed by atoms with van der Waals surface area (Å²) in [6, 6.07) is 15.2. The van der Waals surface area contributed by atoms with Crippen molar-refractivity contribution in [2.75, 3.05) is 7.11 Å². The predicted octanol–water partition coefficient (Wildman–Crippen LogP) is 4.89. The van der Waals surface area contributed by atoms with Crippen molar-refractivity contribution in [3.05, 3.63) is 66.2 Å². The van der Waals surface area contributed by atoms with Crippen LogP contribution >= 0.6 is 0 Å². The van der Waals surface area contributed by atoms with Gasteiger partial charge in [0.25, 0.3) is 0 Å². The van der Waals surface area contributed by atoms with Crippen molar-refractivity contribution in [1.82, 2.24) is 0 Å². The Morgan fingerprint density at radius 3 is 2.50 bits per heavy atom. The van der Waals surface area contributed by atoms with E-state index in [4.69, 9.17) is 4.74 Å². The molecule has 2 bridgehead atoms. The van der Waals surface area contributed by atoms with Gasteiger partial charge in [0, 0.05) is 24.9 Å². The second kappa shape index (κ2) is 7.07. The molecule has 30 heavy (non-hydrogen) atoms. The topological polar surface area (TPSA) is 66.8 Å². The first kappa shape index (κ1) is 20.8. The number of ketones is 1. The maximum absolute atomic E-state index is 13.6. The second-order valence-electron chi connectivity index (χ2n) is 9.22. The van der Waals surface area contributed by atoms with Crippen LogP contribution in [-0.4, -0.2) is 28.9 Å². The van der Waals surface area contributed by atoms with Gasteiger partial charge in [-0.3, -0.25) is 4.79 Å². The number of ether oxygens (including phenoxy) is 1. The first-order chi connectivity index (χ1) is 14.2. The van der Waals surface area contributed by atoms with E-state index in [0.29, 0.717) is 19.3 Å². The lowest BCUT2D eigenvalue weighted by molar-refractivity contribution is -0.252. The maximum Gasteiger partial charge on any atom is 0.185 e. The lowest BCUT2D eigenvalue weighted by Gasteiger charge is -2.45. The van der Waals surface area contributed by atoms with Crippen LogP contribution in [0.15, 0.2) is 60.7 Å². The van der Waals surface area contributed by atoms with E-state index in [9.17, 15) is 15.0 Å². The van der Waals surface area contributed by atoms with Crippen molar-refractivity contribution in [1.29, 1.82) is 0 Å². The molecule has 2 N–H and O–H groups in total. The highest BCUT2D eigenvalue weighted by Crippen LogP contribution is 2.72. The third kappa shape index (κ3) is 2.70. The van der Waals surface area contributed by atoms with Crippen LogP contribution in [0.25, 0.3) is 11.1 Å². The van der Waals surface area contributed by atoms with Gasteiger partial charge >= 0.3 is 0 Å². The molecule has 0 spiro atoms. The molecule has 2 fully saturated rings. The quantitative estimate of drug-likeness (QED) is 0.530. The van der Waals surface area contributed by atoms with Gasteiger partial charge in [0.15, 0.2) is 5.79 Å². The summed E-state index contributed by atoms with van der Waals surface area (Å²) in [7, 11) is 1.49. The predicted molar refractivity (Wildman–Crippen MR) is 117 cm³/mol. The Balaban J connectivity index is 1.58. The van der Waals surface area contributed by atoms with E-state index in [1.54, 1.807) is 12.1 Å². The first-order valence-corrected chi connectivity index (χ1v) is 10.6. The van der Waals surface area contributed by atoms with Gasteiger partial charge in [-0.05, 0) is 48.1 Å². The number of hydrogen-bond acceptors (Lipinski definition) is 4. The van der Waals surface area contributed by atoms with Crippen molar-refractivity contribution in [3.8, 4) is 16.9 Å². The molecule has 0 aliphatic heterocycles. The number of phenols is 1. The van der Waals surface area contributed by atoms with Crippen LogP contribution in [0.2, 0.25) is 0 Å². The Morgan fingerprint density at radius 2 is 1.83 bits per heavy atom. The third-order valence-electron chi connectivity index (χ3n) is 7.72. The highest BCUT2D eigenvalue weighted by molar-refractivity contribution is 5.89. The van der Waals surface area contributed by atoms with E-state index >= 15 is 0 Å². The fraction of sp³-hybridized carbons (Fsp3) is 0.423. The van der Waals surface area contributed by atoms with Gasteiger partial charge in [0.2, 0.25) is 0 Å². The summed E-state index contributed by atoms with van der Waals surface area (Å²) in [5, 5.41) is 21.2. The zero-order chi connectivity index (χ0) is 21.7. The number of aromatic hydroxyl groups is 1. The van der Waals surface area contributed by atoms with Crippen LogP contribution in [0.4, 0.5) is 0 Å². The third-order valence-corrected chi connectivity index (χ3v) is 7.72. The van der Waals surface area contributed by atoms with Crippen LogP contribution in [0.5, 0.6) is 5.75 Å². The molecule has 4 heteroatoms. The van der Waals surface area contributed by atoms with E-state index in [0.717, 1.165) is 28.7 Å². The first-order valence-electron chi connectivity index (χ1n) is 10.6. The molecule has 4 nitrogen and oxygen atoms in total. The smallest absolute Gasteiger partial charge is 0.185 e. The van der Waals surface area contributed by atoms with Gasteiger partial charge in [-0.25, -0.2) is 0 Å². The van der Waals surface area contributed by atoms with E-state index in [1.807, 2.05) is 44.2 Å². The molecule has 0 heterocycles. The number of hydrogen-bond donors (Lipinski definition) is 2. The maximum atomic E-state index is 13.6. The van der Waals surface area contributed by atoms with Crippen molar-refractivity contribution < 1.29 is 19.7 Å². The molecule has 2 aromatic rings. The molecule has 0 saturated heterocycles. The summed E-state index contributed by atoms with van der Waals surface area (Å²) in [6.07, 6.45) is 2.26. The molecular formula is C26H30O4. The summed E-state index contributed by atoms with van der Waals surface area (Å²) < 4.78 is 5.61. The number of carbonyl (C=O) groups is 1. The minimum absolute atomic E-state index is 0.0424. The van der Waals surface area contributed by atoms with E-state index in [1.165, 1.54) is 7.11 Å². The molecular weight excluding hydrogens is 376 g/mol. The van der Waals surface area contributed by atoms with Crippen molar-refractivity contribution in [3.63, 3.8) is 0 Å². The summed E-state index contributed by atoms with van der Waals surface area (Å²) in [6.45, 7) is 8.24. The second-order valence-corrected chi connectivity index (χ2v) is 9.22. The summed E-state index contributed by atoms with van der Waals surface area (Å²) >= 11 is 0. The van der Waals surface area contributed by atoms with E-state index in [-0.39, 0.29) is 17.5 Å². The number of phenolic OH excluding ortho intramolecular Hbond substituents is 1. The lowest BCUT2D eigenvalue weighted by atomic mass is 9.59. The van der Waals surface area contributed by atoms with Gasteiger partial charge in [-0.1, -0.05) is 62.4 Å². The van der Waals surface area contributed by atoms with E-state index < -0.39 is 16.6 Å². The van der Waals surface area contributed by atoms with Crippen LogP contribution in [0.3, 0.4) is 0 Å². The molecule has 0 radical (unpaired) electrons. The highest BCUT2D eigenvalue weighted by Gasteiger charge is 2.76. The molecule has 4 rings (SSSR count). The summed E-state index contributed by atoms with van der Waals surface area (Å²) in [4.78, 5) is 13.6. The normalized spacial score (nSPS) is 29.3. The molecule has 3 atom stereocenters. The van der Waals surface area contributed by atoms with Gasteiger partial charge in [-0.15, -0.1) is 0 Å². The van der Waals surface area contributed by atoms with Gasteiger partial charge in [-0.2, -0.15) is 0 Å². The standard InChI is InChI=1S/C26H30O4/c1-17-22-13-14-25(24(17,2)3,26(22,29)30-4)23(28)12-11-18-7-5-8-19(15-18)20-9-6-10-21(27)16-20/h5-10,15-16,22,27,29H,1,11-14H2,2-4H3/t22-,25+,26+/m0/s1. The Hall–Kier alpha value is -2.43. The number of carbonyl (C=O) groups excluding carboxylic acids is 1. The molecule has 2 aliphatic rings. The Kier molecular flexibility index (Phi) is 4.91. The number of Topliss-reactive ketones (excluding diaryl/α,β-unsaturated/α-hetero) is 1. The molecule has 2 aromatic carbocycles. The van der Waals surface area contributed by atoms with Gasteiger partial charge < -0.3 is 14.9 Å². The fourth-order valence-electron chi connectivity index (χ4n) is 5.98. The monoisotopic (exact) mass is 406 g/mol. The molecule has 0 aromatic heterocycles. The minimum Gasteiger partial charge on any atom is -0.508 e. The van der Waals surface area contributed by atoms with Crippen molar-refractivity contribution >= 4 is 5.78 Å². The number of benzene rings is 2. The molecule has 158 valence electrons. The Labute approximate surface area is 178 Å². The molecule has 0 amide bonds. The highest BCUT2D eigenvalue weighted by atomic mass is 16.6. The molecule has 2 saturated carbocycles. The average Bonchev–Trinajstić information content (AvgIpc) is 3.11. The number of fused-ring (bicyclic) bond motifs is 2. The van der Waals surface area contributed by atoms with Crippen LogP contribution in [0, 0.1) is 16.7 Å². The van der Waals surface area contributed by atoms with Gasteiger partial charge in [0.05, 0.1) is 5.41 Å². The number of rotatable bonds is 6. The molecule has 2 aliphatic carbocycles. The van der Waals surface area contributed by atoms with Crippen LogP contribution in [-0.2, 0) is 16.0 Å². The van der Waals surface area contributed by atoms with Crippen molar-refractivity contribution in [2.24, 2.45) is 16.7 Å². The zero-order valence-corrected chi connectivity index (χ0v) is 17.9. The number of aryl methyl sites for hydroxylation is 1. The summed E-state index contributed by atoms with van der Waals surface area (Å²) in [5.74, 6) is -1.41. The van der Waals surface area contributed by atoms with Crippen LogP contribution < -0.4 is 0 Å². The average molecular weight is 407 g/mol. The lowest BCUT2D eigenvalue weighted by Crippen LogP contribution is -2.55. The Morgan fingerprint density at radius 1 is 1.17 bits per heavy atom. The van der Waals surface area contributed by atoms with Crippen molar-refractivity contribution in [2.45, 2.75) is 45.3 Å². The van der Waals surface area contributed by atoms with E-state index in [2.05, 4.69) is 12.6 Å². The Bertz CT molecular complexity index is 1010. The largest absolute Gasteiger partial charge is 0.508 e. The molecule has 0 unspecified atom stereocenters. The number of aliphatic hydroxyl groups is 1. The number of methoxy groups -OCH3 is 1.